The monoisotopic (exact) mass is 388 g/mol. The van der Waals surface area contributed by atoms with E-state index in [1.807, 2.05) is 13.0 Å². The first-order valence-corrected chi connectivity index (χ1v) is 10.1. The summed E-state index contributed by atoms with van der Waals surface area (Å²) in [5.74, 6) is 3.64. The van der Waals surface area contributed by atoms with Crippen LogP contribution in [0.15, 0.2) is 12.1 Å². The molecular weight excluding hydrogens is 364 g/mol. The number of aliphatic hydroxyl groups is 1. The van der Waals surface area contributed by atoms with Gasteiger partial charge in [-0.15, -0.1) is 0 Å². The van der Waals surface area contributed by atoms with Crippen molar-refractivity contribution in [1.29, 1.82) is 0 Å². The Balaban J connectivity index is 1.41. The fourth-order valence-corrected chi connectivity index (χ4v) is 6.14. The Morgan fingerprint density at radius 2 is 1.93 bits per heavy atom. The zero-order valence-electron chi connectivity index (χ0n) is 15.6. The van der Waals surface area contributed by atoms with Gasteiger partial charge in [0.1, 0.15) is 11.0 Å². The third-order valence-corrected chi connectivity index (χ3v) is 6.79. The van der Waals surface area contributed by atoms with Crippen molar-refractivity contribution < 1.29 is 5.11 Å². The normalized spacial score (nSPS) is 34.1. The lowest BCUT2D eigenvalue weighted by Crippen LogP contribution is -2.61. The van der Waals surface area contributed by atoms with Crippen molar-refractivity contribution >= 4 is 29.2 Å². The van der Waals surface area contributed by atoms with Crippen molar-refractivity contribution in [3.05, 3.63) is 23.0 Å². The maximum Gasteiger partial charge on any atom is 0.228 e. The van der Waals surface area contributed by atoms with Gasteiger partial charge in [-0.3, -0.25) is 5.10 Å². The van der Waals surface area contributed by atoms with E-state index in [9.17, 15) is 5.11 Å². The molecule has 2 aromatic heterocycles. The lowest BCUT2D eigenvalue weighted by Gasteiger charge is -2.59. The zero-order valence-corrected chi connectivity index (χ0v) is 16.4. The van der Waals surface area contributed by atoms with E-state index < -0.39 is 5.60 Å². The van der Waals surface area contributed by atoms with Crippen molar-refractivity contribution in [3.8, 4) is 0 Å². The maximum atomic E-state index is 10.8. The van der Waals surface area contributed by atoms with E-state index in [-0.39, 0.29) is 0 Å². The van der Waals surface area contributed by atoms with Crippen LogP contribution in [0.1, 0.15) is 37.8 Å². The molecule has 0 radical (unpaired) electrons. The molecule has 0 saturated heterocycles. The first-order valence-electron chi connectivity index (χ1n) is 9.67. The van der Waals surface area contributed by atoms with E-state index >= 15 is 0 Å². The Kier molecular flexibility index (Phi) is 3.88. The Hall–Kier alpha value is -1.86. The largest absolute Gasteiger partial charge is 0.390 e. The van der Waals surface area contributed by atoms with Gasteiger partial charge in [-0.25, -0.2) is 4.98 Å². The van der Waals surface area contributed by atoms with Gasteiger partial charge >= 0.3 is 0 Å². The van der Waals surface area contributed by atoms with Crippen LogP contribution >= 0.6 is 11.6 Å². The minimum atomic E-state index is -0.437. The lowest BCUT2D eigenvalue weighted by atomic mass is 9.52. The molecule has 4 saturated carbocycles. The summed E-state index contributed by atoms with van der Waals surface area (Å²) in [6.07, 6.45) is 5.18. The molecule has 4 fully saturated rings. The molecule has 3 N–H and O–H groups in total. The number of hydrogen-bond acceptors (Lipinski definition) is 6. The number of nitrogens with zero attached hydrogens (tertiary/aromatic N) is 4. The summed E-state index contributed by atoms with van der Waals surface area (Å²) in [7, 11) is 2.06. The fourth-order valence-electron chi connectivity index (χ4n) is 5.96. The number of hydrogen-bond donors (Lipinski definition) is 3. The molecule has 2 unspecified atom stereocenters. The molecule has 0 aliphatic heterocycles. The predicted octanol–water partition coefficient (Wildman–Crippen LogP) is 3.28. The van der Waals surface area contributed by atoms with Crippen LogP contribution in [0.5, 0.6) is 0 Å². The summed E-state index contributed by atoms with van der Waals surface area (Å²) in [5.41, 5.74) is 0.537. The highest BCUT2D eigenvalue weighted by atomic mass is 35.5. The number of nitrogens with one attached hydrogen (secondary N) is 2. The van der Waals surface area contributed by atoms with Crippen molar-refractivity contribution in [2.45, 2.75) is 50.7 Å². The van der Waals surface area contributed by atoms with Gasteiger partial charge in [0.2, 0.25) is 5.95 Å². The highest BCUT2D eigenvalue weighted by molar-refractivity contribution is 6.29. The molecule has 27 heavy (non-hydrogen) atoms. The molecule has 7 nitrogen and oxygen atoms in total. The molecular formula is C19H25ClN6O. The van der Waals surface area contributed by atoms with Crippen LogP contribution in [-0.4, -0.2) is 44.0 Å². The van der Waals surface area contributed by atoms with Gasteiger partial charge in [0.25, 0.3) is 0 Å². The molecule has 4 aliphatic rings. The van der Waals surface area contributed by atoms with Gasteiger partial charge in [-0.2, -0.15) is 10.1 Å². The second-order valence-corrected chi connectivity index (χ2v) is 9.12. The van der Waals surface area contributed by atoms with Gasteiger partial charge in [-0.05, 0) is 56.8 Å². The SMILES string of the molecule is Cc1cc(Nc2cc(Cl)nc(N(C)C3C4CC5CC3CC(O)(C5)C4)n2)n[nH]1. The maximum absolute atomic E-state index is 10.8. The second-order valence-electron chi connectivity index (χ2n) is 8.73. The second kappa shape index (κ2) is 6.07. The van der Waals surface area contributed by atoms with Crippen LogP contribution in [0, 0.1) is 24.7 Å². The predicted molar refractivity (Wildman–Crippen MR) is 104 cm³/mol. The minimum absolute atomic E-state index is 0.362. The highest BCUT2D eigenvalue weighted by Gasteiger charge is 2.56. The number of rotatable bonds is 4. The number of anilines is 3. The molecule has 8 heteroatoms. The molecule has 2 atom stereocenters. The van der Waals surface area contributed by atoms with E-state index in [1.54, 1.807) is 6.07 Å². The Bertz CT molecular complexity index is 854. The number of aryl methyl sites for hydroxylation is 1. The summed E-state index contributed by atoms with van der Waals surface area (Å²) >= 11 is 6.29. The molecule has 6 rings (SSSR count). The number of H-pyrrole nitrogens is 1. The Morgan fingerprint density at radius 3 is 2.56 bits per heavy atom. The van der Waals surface area contributed by atoms with Gasteiger partial charge in [0, 0.05) is 30.9 Å². The molecule has 2 aromatic rings. The van der Waals surface area contributed by atoms with Crippen LogP contribution < -0.4 is 10.2 Å². The van der Waals surface area contributed by atoms with Gasteiger partial charge < -0.3 is 15.3 Å². The van der Waals surface area contributed by atoms with Crippen LogP contribution in [0.3, 0.4) is 0 Å². The van der Waals surface area contributed by atoms with Crippen molar-refractivity contribution in [2.75, 3.05) is 17.3 Å². The molecule has 4 bridgehead atoms. The third kappa shape index (κ3) is 3.06. The molecule has 2 heterocycles. The molecule has 144 valence electrons. The van der Waals surface area contributed by atoms with E-state index in [0.717, 1.165) is 25.0 Å². The summed E-state index contributed by atoms with van der Waals surface area (Å²) in [5, 5.41) is 21.5. The Morgan fingerprint density at radius 1 is 1.19 bits per heavy atom. The minimum Gasteiger partial charge on any atom is -0.390 e. The highest BCUT2D eigenvalue weighted by Crippen LogP contribution is 2.57. The quantitative estimate of drug-likeness (QED) is 0.696. The van der Waals surface area contributed by atoms with Crippen LogP contribution in [-0.2, 0) is 0 Å². The fraction of sp³-hybridized carbons (Fsp3) is 0.632. The molecule has 0 amide bonds. The summed E-state index contributed by atoms with van der Waals surface area (Å²) in [4.78, 5) is 11.4. The topological polar surface area (TPSA) is 90.0 Å². The van der Waals surface area contributed by atoms with Crippen LogP contribution in [0.2, 0.25) is 5.15 Å². The first kappa shape index (κ1) is 17.3. The average Bonchev–Trinajstić information content (AvgIpc) is 2.97. The smallest absolute Gasteiger partial charge is 0.228 e. The van der Waals surface area contributed by atoms with E-state index in [1.165, 1.54) is 12.8 Å². The van der Waals surface area contributed by atoms with E-state index in [2.05, 4.69) is 32.4 Å². The summed E-state index contributed by atoms with van der Waals surface area (Å²) in [6, 6.07) is 3.99. The number of aromatic amines is 1. The summed E-state index contributed by atoms with van der Waals surface area (Å²) in [6.45, 7) is 1.95. The number of aromatic nitrogens is 4. The molecule has 4 aliphatic carbocycles. The average molecular weight is 389 g/mol. The Labute approximate surface area is 163 Å². The standard InChI is InChI=1S/C19H25ClN6O/c1-10-3-16(25-24-10)22-15-6-14(20)21-18(23-15)26(2)17-12-4-11-5-13(17)9-19(27,7-11)8-12/h3,6,11-13,17,27H,4-5,7-9H2,1-2H3,(H2,21,22,23,24,25). The van der Waals surface area contributed by atoms with Crippen molar-refractivity contribution in [1.82, 2.24) is 20.2 Å². The van der Waals surface area contributed by atoms with Crippen molar-refractivity contribution in [3.63, 3.8) is 0 Å². The van der Waals surface area contributed by atoms with Crippen LogP contribution in [0.25, 0.3) is 0 Å². The number of halogens is 1. The van der Waals surface area contributed by atoms with Crippen LogP contribution in [0.4, 0.5) is 17.6 Å². The lowest BCUT2D eigenvalue weighted by molar-refractivity contribution is -0.133. The first-order chi connectivity index (χ1) is 12.9. The van der Waals surface area contributed by atoms with Gasteiger partial charge in [-0.1, -0.05) is 11.6 Å². The van der Waals surface area contributed by atoms with Gasteiger partial charge in [0.15, 0.2) is 5.82 Å². The molecule has 0 spiro atoms. The van der Waals surface area contributed by atoms with E-state index in [0.29, 0.717) is 46.5 Å². The third-order valence-electron chi connectivity index (χ3n) is 6.60. The summed E-state index contributed by atoms with van der Waals surface area (Å²) < 4.78 is 0. The van der Waals surface area contributed by atoms with Gasteiger partial charge in [0.05, 0.1) is 5.60 Å². The molecule has 0 aromatic carbocycles. The van der Waals surface area contributed by atoms with E-state index in [4.69, 9.17) is 16.6 Å². The zero-order chi connectivity index (χ0) is 18.8. The van der Waals surface area contributed by atoms with Crippen molar-refractivity contribution in [2.24, 2.45) is 17.8 Å².